The molecule has 1 N–H and O–H groups in total. The van der Waals surface area contributed by atoms with E-state index in [-0.39, 0.29) is 0 Å². The van der Waals surface area contributed by atoms with Crippen molar-refractivity contribution >= 4 is 11.6 Å². The molecule has 0 aromatic heterocycles. The monoisotopic (exact) mass is 189 g/mol. The van der Waals surface area contributed by atoms with Crippen LogP contribution < -0.4 is 5.32 Å². The Morgan fingerprint density at radius 3 is 2.75 bits per heavy atom. The molecule has 1 nitrogen and oxygen atoms in total. The van der Waals surface area contributed by atoms with Gasteiger partial charge >= 0.3 is 0 Å². The number of unbranched alkanes of at least 4 members (excludes halogenated alkanes) is 1. The van der Waals surface area contributed by atoms with Crippen molar-refractivity contribution in [2.24, 2.45) is 0 Å². The Bertz CT molecular complexity index is 132. The Kier molecular flexibility index (Phi) is 7.62. The fraction of sp³-hybridized carbons (Fsp3) is 0.800. The maximum atomic E-state index is 5.54. The number of halogens is 1. The maximum Gasteiger partial charge on any atom is 0.0176 e. The first-order chi connectivity index (χ1) is 5.70. The minimum Gasteiger partial charge on any atom is -0.311 e. The average Bonchev–Trinajstić information content (AvgIpc) is 2.10. The lowest BCUT2D eigenvalue weighted by Gasteiger charge is -2.12. The van der Waals surface area contributed by atoms with E-state index in [0.29, 0.717) is 6.04 Å². The number of hydrogen-bond donors (Lipinski definition) is 1. The molecule has 0 fully saturated rings. The topological polar surface area (TPSA) is 12.0 Å². The van der Waals surface area contributed by atoms with Crippen LogP contribution >= 0.6 is 11.6 Å². The third kappa shape index (κ3) is 6.68. The van der Waals surface area contributed by atoms with Crippen LogP contribution in [-0.2, 0) is 0 Å². The van der Waals surface area contributed by atoms with Gasteiger partial charge in [-0.15, -0.1) is 0 Å². The van der Waals surface area contributed by atoms with Crippen molar-refractivity contribution in [1.29, 1.82) is 0 Å². The normalized spacial score (nSPS) is 14.8. The van der Waals surface area contributed by atoms with E-state index >= 15 is 0 Å². The summed E-state index contributed by atoms with van der Waals surface area (Å²) in [6, 6.07) is 0.608. The van der Waals surface area contributed by atoms with Gasteiger partial charge in [0, 0.05) is 18.1 Å². The van der Waals surface area contributed by atoms with Gasteiger partial charge in [0.25, 0.3) is 0 Å². The second kappa shape index (κ2) is 7.63. The van der Waals surface area contributed by atoms with Gasteiger partial charge in [0.15, 0.2) is 0 Å². The Balaban J connectivity index is 3.37. The molecule has 0 aromatic carbocycles. The maximum absolute atomic E-state index is 5.54. The van der Waals surface area contributed by atoms with Crippen LogP contribution in [0.1, 0.15) is 40.0 Å². The van der Waals surface area contributed by atoms with Crippen molar-refractivity contribution in [2.75, 3.05) is 6.54 Å². The number of nitrogens with one attached hydrogen (secondary N) is 1. The summed E-state index contributed by atoms with van der Waals surface area (Å²) in [4.78, 5) is 0. The molecule has 72 valence electrons. The van der Waals surface area contributed by atoms with Crippen molar-refractivity contribution in [2.45, 2.75) is 46.1 Å². The zero-order valence-electron chi connectivity index (χ0n) is 8.36. The van der Waals surface area contributed by atoms with Crippen LogP contribution in [0.3, 0.4) is 0 Å². The molecule has 1 atom stereocenters. The molecule has 0 saturated carbocycles. The Hall–Kier alpha value is -0.0100. The Labute approximate surface area is 81.2 Å². The second-order valence-electron chi connectivity index (χ2n) is 3.38. The van der Waals surface area contributed by atoms with Crippen LogP contribution in [0.15, 0.2) is 11.1 Å². The lowest BCUT2D eigenvalue weighted by atomic mass is 10.1. The van der Waals surface area contributed by atoms with Crippen LogP contribution in [0.2, 0.25) is 0 Å². The van der Waals surface area contributed by atoms with Gasteiger partial charge in [-0.2, -0.15) is 0 Å². The molecule has 0 saturated heterocycles. The Morgan fingerprint density at radius 1 is 1.58 bits per heavy atom. The van der Waals surface area contributed by atoms with Crippen LogP contribution in [0.5, 0.6) is 0 Å². The van der Waals surface area contributed by atoms with Crippen molar-refractivity contribution in [3.8, 4) is 0 Å². The molecule has 0 aliphatic carbocycles. The summed E-state index contributed by atoms with van der Waals surface area (Å²) in [7, 11) is 0. The van der Waals surface area contributed by atoms with Crippen LogP contribution in [0.25, 0.3) is 0 Å². The van der Waals surface area contributed by atoms with Crippen molar-refractivity contribution in [3.63, 3.8) is 0 Å². The van der Waals surface area contributed by atoms with E-state index in [1.165, 1.54) is 24.8 Å². The molecule has 0 heterocycles. The highest BCUT2D eigenvalue weighted by molar-refractivity contribution is 6.25. The predicted molar refractivity (Wildman–Crippen MR) is 56.6 cm³/mol. The molecule has 0 radical (unpaired) electrons. The second-order valence-corrected chi connectivity index (χ2v) is 3.60. The summed E-state index contributed by atoms with van der Waals surface area (Å²) in [6.45, 7) is 7.38. The first kappa shape index (κ1) is 12.0. The van der Waals surface area contributed by atoms with Gasteiger partial charge in [0.1, 0.15) is 0 Å². The quantitative estimate of drug-likeness (QED) is 0.676. The molecule has 0 amide bonds. The highest BCUT2D eigenvalue weighted by Crippen LogP contribution is 2.00. The molecule has 2 heteroatoms. The molecule has 0 spiro atoms. The molecule has 0 bridgehead atoms. The summed E-state index contributed by atoms with van der Waals surface area (Å²) in [5.41, 5.74) is 2.83. The zero-order chi connectivity index (χ0) is 9.40. The van der Waals surface area contributed by atoms with Gasteiger partial charge in [-0.3, -0.25) is 0 Å². The van der Waals surface area contributed by atoms with Gasteiger partial charge in [-0.05, 0) is 25.8 Å². The first-order valence-corrected chi connectivity index (χ1v) is 5.13. The highest BCUT2D eigenvalue weighted by Gasteiger charge is 1.99. The van der Waals surface area contributed by atoms with Gasteiger partial charge in [-0.1, -0.05) is 31.4 Å². The van der Waals surface area contributed by atoms with Crippen LogP contribution in [0.4, 0.5) is 0 Å². The summed E-state index contributed by atoms with van der Waals surface area (Å²) in [5, 5.41) is 3.42. The molecular weight excluding hydrogens is 170 g/mol. The highest BCUT2D eigenvalue weighted by atomic mass is 35.5. The minimum absolute atomic E-state index is 0.608. The van der Waals surface area contributed by atoms with E-state index in [0.717, 1.165) is 6.54 Å². The van der Waals surface area contributed by atoms with E-state index in [2.05, 4.69) is 19.2 Å². The van der Waals surface area contributed by atoms with E-state index in [1.807, 2.05) is 6.92 Å². The Morgan fingerprint density at radius 2 is 2.25 bits per heavy atom. The summed E-state index contributed by atoms with van der Waals surface area (Å²) in [6.07, 6.45) is 3.83. The number of rotatable bonds is 6. The molecule has 0 aliphatic rings. The van der Waals surface area contributed by atoms with E-state index in [1.54, 1.807) is 5.54 Å². The lowest BCUT2D eigenvalue weighted by molar-refractivity contribution is 0.514. The molecule has 0 rings (SSSR count). The smallest absolute Gasteiger partial charge is 0.0176 e. The van der Waals surface area contributed by atoms with Crippen molar-refractivity contribution < 1.29 is 0 Å². The van der Waals surface area contributed by atoms with Gasteiger partial charge in [-0.25, -0.2) is 0 Å². The first-order valence-electron chi connectivity index (χ1n) is 4.70. The lowest BCUT2D eigenvalue weighted by Crippen LogP contribution is -2.27. The zero-order valence-corrected chi connectivity index (χ0v) is 9.12. The van der Waals surface area contributed by atoms with Crippen molar-refractivity contribution in [1.82, 2.24) is 5.32 Å². The van der Waals surface area contributed by atoms with Crippen LogP contribution in [-0.4, -0.2) is 12.6 Å². The summed E-state index contributed by atoms with van der Waals surface area (Å²) < 4.78 is 0. The molecular formula is C10H20ClN. The fourth-order valence-electron chi connectivity index (χ4n) is 0.986. The largest absolute Gasteiger partial charge is 0.311 e. The van der Waals surface area contributed by atoms with Gasteiger partial charge < -0.3 is 5.32 Å². The minimum atomic E-state index is 0.608. The molecule has 1 unspecified atom stereocenters. The fourth-order valence-corrected chi connectivity index (χ4v) is 1.06. The van der Waals surface area contributed by atoms with Crippen LogP contribution in [0, 0.1) is 0 Å². The van der Waals surface area contributed by atoms with E-state index < -0.39 is 0 Å². The third-order valence-corrected chi connectivity index (χ3v) is 2.28. The van der Waals surface area contributed by atoms with Crippen molar-refractivity contribution in [3.05, 3.63) is 11.1 Å². The third-order valence-electron chi connectivity index (χ3n) is 1.91. The van der Waals surface area contributed by atoms with E-state index in [9.17, 15) is 0 Å². The average molecular weight is 190 g/mol. The molecule has 0 aromatic rings. The summed E-state index contributed by atoms with van der Waals surface area (Å²) in [5.74, 6) is 0. The number of hydrogen-bond acceptors (Lipinski definition) is 1. The SMILES string of the molecule is CCCCC(C)NCC(C)=CCl. The van der Waals surface area contributed by atoms with Gasteiger partial charge in [0.2, 0.25) is 0 Å². The molecule has 0 aliphatic heterocycles. The summed E-state index contributed by atoms with van der Waals surface area (Å²) >= 11 is 5.54. The standard InChI is InChI=1S/C10H20ClN/c1-4-5-6-10(3)12-8-9(2)7-11/h7,10,12H,4-6,8H2,1-3H3. The van der Waals surface area contributed by atoms with Gasteiger partial charge in [0.05, 0.1) is 0 Å². The predicted octanol–water partition coefficient (Wildman–Crippen LogP) is 3.30. The van der Waals surface area contributed by atoms with E-state index in [4.69, 9.17) is 11.6 Å². The molecule has 12 heavy (non-hydrogen) atoms.